The van der Waals surface area contributed by atoms with Crippen LogP contribution in [0, 0.1) is 0 Å². The Morgan fingerprint density at radius 3 is 2.75 bits per heavy atom. The number of H-pyrrole nitrogens is 1. The maximum atomic E-state index is 9.79. The second kappa shape index (κ2) is 7.20. The Morgan fingerprint density at radius 2 is 2.04 bits per heavy atom. The fraction of sp³-hybridized carbons (Fsp3) is 0.421. The van der Waals surface area contributed by atoms with Crippen molar-refractivity contribution in [2.45, 2.75) is 45.3 Å². The van der Waals surface area contributed by atoms with Crippen LogP contribution in [0.25, 0.3) is 10.9 Å². The Kier molecular flexibility index (Phi) is 5.02. The molecule has 2 heterocycles. The summed E-state index contributed by atoms with van der Waals surface area (Å²) < 4.78 is 1.96. The number of para-hydroxylation sites is 1. The molecule has 0 fully saturated rings. The molecule has 5 heteroatoms. The first kappa shape index (κ1) is 16.7. The van der Waals surface area contributed by atoms with E-state index in [9.17, 15) is 5.11 Å². The summed E-state index contributed by atoms with van der Waals surface area (Å²) in [6.07, 6.45) is 6.79. The van der Waals surface area contributed by atoms with Crippen LogP contribution in [0.3, 0.4) is 0 Å². The molecule has 0 amide bonds. The van der Waals surface area contributed by atoms with Gasteiger partial charge in [0.1, 0.15) is 0 Å². The molecule has 3 N–H and O–H groups in total. The van der Waals surface area contributed by atoms with E-state index in [0.717, 1.165) is 17.5 Å². The molecule has 2 unspecified atom stereocenters. The molecule has 128 valence electrons. The van der Waals surface area contributed by atoms with E-state index in [1.54, 1.807) is 0 Å². The fourth-order valence-corrected chi connectivity index (χ4v) is 3.05. The van der Waals surface area contributed by atoms with Crippen LogP contribution < -0.4 is 5.32 Å². The summed E-state index contributed by atoms with van der Waals surface area (Å²) in [7, 11) is 0. The van der Waals surface area contributed by atoms with Crippen LogP contribution in [0.4, 0.5) is 0 Å². The monoisotopic (exact) mass is 326 g/mol. The number of aromatic amines is 1. The quantitative estimate of drug-likeness (QED) is 0.625. The number of fused-ring (bicyclic) bond motifs is 1. The van der Waals surface area contributed by atoms with E-state index in [0.29, 0.717) is 6.04 Å². The third kappa shape index (κ3) is 3.52. The highest BCUT2D eigenvalue weighted by atomic mass is 16.3. The Bertz CT molecular complexity index is 789. The molecule has 2 atom stereocenters. The number of nitrogens with one attached hydrogen (secondary N) is 2. The molecule has 0 aliphatic carbocycles. The number of hydrogen-bond donors (Lipinski definition) is 3. The number of nitrogens with zero attached hydrogens (tertiary/aromatic N) is 2. The van der Waals surface area contributed by atoms with E-state index >= 15 is 0 Å². The molecule has 0 spiro atoms. The van der Waals surface area contributed by atoms with Crippen molar-refractivity contribution >= 4 is 10.9 Å². The minimum Gasteiger partial charge on any atom is -0.395 e. The standard InChI is InChI=1S/C19H26N4O/c1-13(2)23-11-16(10-21-23)14(3)22-17(12-24)8-15-9-20-19-7-5-4-6-18(15)19/h4-7,9-11,13-14,17,20,22,24H,8,12H2,1-3H3. The molecule has 3 rings (SSSR count). The average molecular weight is 326 g/mol. The first-order valence-corrected chi connectivity index (χ1v) is 8.54. The van der Waals surface area contributed by atoms with Gasteiger partial charge < -0.3 is 15.4 Å². The number of rotatable bonds is 7. The zero-order valence-corrected chi connectivity index (χ0v) is 14.5. The summed E-state index contributed by atoms with van der Waals surface area (Å²) in [5.74, 6) is 0. The maximum absolute atomic E-state index is 9.79. The van der Waals surface area contributed by atoms with E-state index in [-0.39, 0.29) is 18.7 Å². The summed E-state index contributed by atoms with van der Waals surface area (Å²) in [5, 5.41) is 18.9. The maximum Gasteiger partial charge on any atom is 0.0588 e. The third-order valence-electron chi connectivity index (χ3n) is 4.50. The lowest BCUT2D eigenvalue weighted by Gasteiger charge is -2.21. The molecule has 1 aromatic carbocycles. The number of benzene rings is 1. The Balaban J connectivity index is 1.69. The SMILES string of the molecule is CC(NC(CO)Cc1c[nH]c2ccccc12)c1cnn(C(C)C)c1. The van der Waals surface area contributed by atoms with Gasteiger partial charge in [-0.2, -0.15) is 5.10 Å². The van der Waals surface area contributed by atoms with E-state index in [1.165, 1.54) is 10.9 Å². The van der Waals surface area contributed by atoms with Gasteiger partial charge in [0, 0.05) is 47.0 Å². The molecule has 0 aliphatic rings. The van der Waals surface area contributed by atoms with Gasteiger partial charge in [-0.25, -0.2) is 0 Å². The summed E-state index contributed by atoms with van der Waals surface area (Å²) in [5.41, 5.74) is 3.50. The minimum atomic E-state index is 0.00149. The van der Waals surface area contributed by atoms with Crippen molar-refractivity contribution in [1.29, 1.82) is 0 Å². The molecule has 0 radical (unpaired) electrons. The van der Waals surface area contributed by atoms with Crippen LogP contribution in [-0.4, -0.2) is 32.5 Å². The van der Waals surface area contributed by atoms with Crippen LogP contribution in [0.1, 0.15) is 44.0 Å². The molecule has 5 nitrogen and oxygen atoms in total. The summed E-state index contributed by atoms with van der Waals surface area (Å²) >= 11 is 0. The predicted octanol–water partition coefficient (Wildman–Crippen LogP) is 3.20. The number of aromatic nitrogens is 3. The number of aliphatic hydroxyl groups is 1. The Labute approximate surface area is 142 Å². The molecule has 2 aromatic heterocycles. The van der Waals surface area contributed by atoms with Gasteiger partial charge >= 0.3 is 0 Å². The van der Waals surface area contributed by atoms with E-state index in [2.05, 4.69) is 54.5 Å². The second-order valence-corrected chi connectivity index (χ2v) is 6.68. The summed E-state index contributed by atoms with van der Waals surface area (Å²) in [6.45, 7) is 6.44. The van der Waals surface area contributed by atoms with Gasteiger partial charge in [-0.3, -0.25) is 4.68 Å². The van der Waals surface area contributed by atoms with Gasteiger partial charge in [0.15, 0.2) is 0 Å². The second-order valence-electron chi connectivity index (χ2n) is 6.68. The van der Waals surface area contributed by atoms with Crippen LogP contribution in [-0.2, 0) is 6.42 Å². The van der Waals surface area contributed by atoms with E-state index in [1.807, 2.05) is 29.2 Å². The highest BCUT2D eigenvalue weighted by Crippen LogP contribution is 2.20. The molecule has 24 heavy (non-hydrogen) atoms. The van der Waals surface area contributed by atoms with Crippen LogP contribution in [0.5, 0.6) is 0 Å². The largest absolute Gasteiger partial charge is 0.395 e. The van der Waals surface area contributed by atoms with Crippen molar-refractivity contribution in [1.82, 2.24) is 20.1 Å². The lowest BCUT2D eigenvalue weighted by molar-refractivity contribution is 0.233. The fourth-order valence-electron chi connectivity index (χ4n) is 3.05. The highest BCUT2D eigenvalue weighted by molar-refractivity contribution is 5.83. The van der Waals surface area contributed by atoms with Gasteiger partial charge in [-0.1, -0.05) is 18.2 Å². The minimum absolute atomic E-state index is 0.00149. The van der Waals surface area contributed by atoms with Crippen molar-refractivity contribution in [2.24, 2.45) is 0 Å². The van der Waals surface area contributed by atoms with Crippen LogP contribution >= 0.6 is 0 Å². The van der Waals surface area contributed by atoms with E-state index in [4.69, 9.17) is 0 Å². The highest BCUT2D eigenvalue weighted by Gasteiger charge is 2.16. The topological polar surface area (TPSA) is 65.9 Å². The number of hydrogen-bond acceptors (Lipinski definition) is 3. The van der Waals surface area contributed by atoms with Gasteiger partial charge in [-0.05, 0) is 38.8 Å². The molecule has 3 aromatic rings. The smallest absolute Gasteiger partial charge is 0.0588 e. The molecule has 0 saturated carbocycles. The molecule has 0 bridgehead atoms. The lowest BCUT2D eigenvalue weighted by Crippen LogP contribution is -2.36. The van der Waals surface area contributed by atoms with Crippen molar-refractivity contribution in [3.8, 4) is 0 Å². The lowest BCUT2D eigenvalue weighted by atomic mass is 10.0. The molecular formula is C19H26N4O. The van der Waals surface area contributed by atoms with E-state index < -0.39 is 0 Å². The van der Waals surface area contributed by atoms with Crippen molar-refractivity contribution in [3.05, 3.63) is 54.0 Å². The normalized spacial score (nSPS) is 14.4. The van der Waals surface area contributed by atoms with Crippen molar-refractivity contribution in [2.75, 3.05) is 6.61 Å². The van der Waals surface area contributed by atoms with Gasteiger partial charge in [-0.15, -0.1) is 0 Å². The first-order valence-electron chi connectivity index (χ1n) is 8.54. The molecule has 0 aliphatic heterocycles. The zero-order chi connectivity index (χ0) is 17.1. The Morgan fingerprint density at radius 1 is 1.25 bits per heavy atom. The van der Waals surface area contributed by atoms with Gasteiger partial charge in [0.2, 0.25) is 0 Å². The molecular weight excluding hydrogens is 300 g/mol. The zero-order valence-electron chi connectivity index (χ0n) is 14.5. The average Bonchev–Trinajstić information content (AvgIpc) is 3.22. The third-order valence-corrected chi connectivity index (χ3v) is 4.50. The van der Waals surface area contributed by atoms with Crippen LogP contribution in [0.15, 0.2) is 42.9 Å². The summed E-state index contributed by atoms with van der Waals surface area (Å²) in [4.78, 5) is 3.30. The van der Waals surface area contributed by atoms with Gasteiger partial charge in [0.05, 0.1) is 12.8 Å². The molecule has 0 saturated heterocycles. The Hall–Kier alpha value is -2.11. The predicted molar refractivity (Wildman–Crippen MR) is 97.0 cm³/mol. The summed E-state index contributed by atoms with van der Waals surface area (Å²) in [6, 6.07) is 8.75. The van der Waals surface area contributed by atoms with Crippen molar-refractivity contribution < 1.29 is 5.11 Å². The first-order chi connectivity index (χ1) is 11.6. The number of aliphatic hydroxyl groups excluding tert-OH is 1. The van der Waals surface area contributed by atoms with Crippen molar-refractivity contribution in [3.63, 3.8) is 0 Å². The van der Waals surface area contributed by atoms with Gasteiger partial charge in [0.25, 0.3) is 0 Å². The van der Waals surface area contributed by atoms with Crippen LogP contribution in [0.2, 0.25) is 0 Å².